The molecule has 0 bridgehead atoms. The van der Waals surface area contributed by atoms with Gasteiger partial charge in [0.05, 0.1) is 34.6 Å². The summed E-state index contributed by atoms with van der Waals surface area (Å²) >= 11 is 5.20. The van der Waals surface area contributed by atoms with Crippen LogP contribution in [-0.4, -0.2) is 30.3 Å². The Morgan fingerprint density at radius 1 is 1.08 bits per heavy atom. The number of hydrazone groups is 1. The van der Waals surface area contributed by atoms with Crippen LogP contribution in [0.3, 0.4) is 0 Å². The SMILES string of the molecule is CCCCCCCCOc1c(Br)cc(/C=N/NC(=O)c2ccc(-c3csc(C)n3)cc2)cc1OCC. The van der Waals surface area contributed by atoms with Crippen molar-refractivity contribution in [1.82, 2.24) is 10.4 Å². The summed E-state index contributed by atoms with van der Waals surface area (Å²) in [5, 5.41) is 7.15. The molecule has 1 aromatic heterocycles. The largest absolute Gasteiger partial charge is 0.490 e. The first-order chi connectivity index (χ1) is 17.5. The van der Waals surface area contributed by atoms with Crippen molar-refractivity contribution in [2.75, 3.05) is 13.2 Å². The smallest absolute Gasteiger partial charge is 0.271 e. The topological polar surface area (TPSA) is 72.8 Å². The molecule has 0 radical (unpaired) electrons. The van der Waals surface area contributed by atoms with Gasteiger partial charge in [-0.2, -0.15) is 5.10 Å². The molecule has 1 heterocycles. The average Bonchev–Trinajstić information content (AvgIpc) is 3.31. The molecule has 3 aromatic rings. The Morgan fingerprint density at radius 3 is 2.53 bits per heavy atom. The molecule has 0 saturated carbocycles. The molecule has 8 heteroatoms. The van der Waals surface area contributed by atoms with Crippen molar-refractivity contribution in [2.45, 2.75) is 59.3 Å². The van der Waals surface area contributed by atoms with Gasteiger partial charge in [-0.05, 0) is 66.0 Å². The molecule has 192 valence electrons. The number of halogens is 1. The van der Waals surface area contributed by atoms with Crippen molar-refractivity contribution in [3.05, 3.63) is 62.4 Å². The minimum absolute atomic E-state index is 0.282. The van der Waals surface area contributed by atoms with Crippen LogP contribution in [0.15, 0.2) is 51.4 Å². The van der Waals surface area contributed by atoms with Gasteiger partial charge in [-0.3, -0.25) is 4.79 Å². The predicted molar refractivity (Wildman–Crippen MR) is 152 cm³/mol. The number of aryl methyl sites for hydroxylation is 1. The van der Waals surface area contributed by atoms with Gasteiger partial charge < -0.3 is 9.47 Å². The zero-order valence-corrected chi connectivity index (χ0v) is 23.6. The number of unbranched alkanes of at least 4 members (excludes halogenated alkanes) is 5. The van der Waals surface area contributed by atoms with Gasteiger partial charge in [0.15, 0.2) is 11.5 Å². The van der Waals surface area contributed by atoms with E-state index >= 15 is 0 Å². The first-order valence-electron chi connectivity index (χ1n) is 12.5. The molecule has 0 fully saturated rings. The lowest BCUT2D eigenvalue weighted by Gasteiger charge is -2.14. The van der Waals surface area contributed by atoms with E-state index in [2.05, 4.69) is 38.4 Å². The highest BCUT2D eigenvalue weighted by molar-refractivity contribution is 9.10. The van der Waals surface area contributed by atoms with E-state index in [1.54, 1.807) is 29.7 Å². The zero-order valence-electron chi connectivity index (χ0n) is 21.2. The van der Waals surface area contributed by atoms with Crippen LogP contribution < -0.4 is 14.9 Å². The number of hydrogen-bond acceptors (Lipinski definition) is 6. The van der Waals surface area contributed by atoms with Gasteiger partial charge >= 0.3 is 0 Å². The number of thiazole rings is 1. The Kier molecular flexibility index (Phi) is 11.4. The predicted octanol–water partition coefficient (Wildman–Crippen LogP) is 7.78. The third-order valence-electron chi connectivity index (χ3n) is 5.52. The standard InChI is InChI=1S/C28H34BrN3O3S/c1-4-6-7-8-9-10-15-35-27-24(29)16-21(17-26(27)34-5-2)18-30-32-28(33)23-13-11-22(12-14-23)25-19-36-20(3)31-25/h11-14,16-19H,4-10,15H2,1-3H3,(H,32,33)/b30-18+. The highest BCUT2D eigenvalue weighted by atomic mass is 79.9. The fraction of sp³-hybridized carbons (Fsp3) is 0.393. The Bertz CT molecular complexity index is 1150. The number of carbonyl (C=O) groups excluding carboxylic acids is 1. The van der Waals surface area contributed by atoms with Crippen LogP contribution in [0.1, 0.15) is 73.3 Å². The fourth-order valence-corrected chi connectivity index (χ4v) is 4.84. The van der Waals surface area contributed by atoms with Gasteiger partial charge in [0.2, 0.25) is 0 Å². The van der Waals surface area contributed by atoms with Crippen molar-refractivity contribution in [2.24, 2.45) is 5.10 Å². The van der Waals surface area contributed by atoms with Crippen molar-refractivity contribution in [3.8, 4) is 22.8 Å². The van der Waals surface area contributed by atoms with Gasteiger partial charge in [-0.15, -0.1) is 11.3 Å². The van der Waals surface area contributed by atoms with E-state index in [4.69, 9.17) is 9.47 Å². The summed E-state index contributed by atoms with van der Waals surface area (Å²) in [6, 6.07) is 11.1. The third-order valence-corrected chi connectivity index (χ3v) is 6.88. The van der Waals surface area contributed by atoms with E-state index in [9.17, 15) is 4.79 Å². The maximum Gasteiger partial charge on any atom is 0.271 e. The summed E-state index contributed by atoms with van der Waals surface area (Å²) in [7, 11) is 0. The average molecular weight is 573 g/mol. The number of benzene rings is 2. The van der Waals surface area contributed by atoms with Gasteiger partial charge in [-0.1, -0.05) is 51.2 Å². The molecule has 2 aromatic carbocycles. The summed E-state index contributed by atoms with van der Waals surface area (Å²) in [5.41, 5.74) is 5.79. The number of hydrogen-bond donors (Lipinski definition) is 1. The zero-order chi connectivity index (χ0) is 25.8. The van der Waals surface area contributed by atoms with Crippen molar-refractivity contribution < 1.29 is 14.3 Å². The maximum absolute atomic E-state index is 12.5. The van der Waals surface area contributed by atoms with Crippen LogP contribution in [0.2, 0.25) is 0 Å². The second kappa shape index (κ2) is 14.8. The molecule has 0 aliphatic carbocycles. The molecule has 1 N–H and O–H groups in total. The summed E-state index contributed by atoms with van der Waals surface area (Å²) in [5.74, 6) is 1.07. The van der Waals surface area contributed by atoms with Crippen molar-refractivity contribution >= 4 is 39.4 Å². The van der Waals surface area contributed by atoms with Crippen LogP contribution in [-0.2, 0) is 0 Å². The number of rotatable bonds is 14. The van der Waals surface area contributed by atoms with E-state index in [0.29, 0.717) is 30.3 Å². The van der Waals surface area contributed by atoms with Crippen LogP contribution in [0.25, 0.3) is 11.3 Å². The number of amides is 1. The van der Waals surface area contributed by atoms with Gasteiger partial charge in [0, 0.05) is 16.5 Å². The lowest BCUT2D eigenvalue weighted by molar-refractivity contribution is 0.0955. The van der Waals surface area contributed by atoms with Gasteiger partial charge in [0.25, 0.3) is 5.91 Å². The number of ether oxygens (including phenoxy) is 2. The number of carbonyl (C=O) groups is 1. The van der Waals surface area contributed by atoms with Crippen molar-refractivity contribution in [3.63, 3.8) is 0 Å². The Labute approximate surface area is 226 Å². The van der Waals surface area contributed by atoms with Crippen molar-refractivity contribution in [1.29, 1.82) is 0 Å². The molecule has 36 heavy (non-hydrogen) atoms. The summed E-state index contributed by atoms with van der Waals surface area (Å²) in [4.78, 5) is 17.0. The summed E-state index contributed by atoms with van der Waals surface area (Å²) in [6.45, 7) is 7.30. The first kappa shape index (κ1) is 27.9. The highest BCUT2D eigenvalue weighted by Crippen LogP contribution is 2.36. The minimum atomic E-state index is -0.282. The summed E-state index contributed by atoms with van der Waals surface area (Å²) in [6.07, 6.45) is 8.85. The Hall–Kier alpha value is -2.71. The van der Waals surface area contributed by atoms with Crippen LogP contribution in [0.4, 0.5) is 0 Å². The maximum atomic E-state index is 12.5. The number of nitrogens with zero attached hydrogens (tertiary/aromatic N) is 2. The lowest BCUT2D eigenvalue weighted by Crippen LogP contribution is -2.17. The number of aromatic nitrogens is 1. The molecule has 1 amide bonds. The Balaban J connectivity index is 1.57. The highest BCUT2D eigenvalue weighted by Gasteiger charge is 2.12. The van der Waals surface area contributed by atoms with E-state index in [1.807, 2.05) is 43.5 Å². The first-order valence-corrected chi connectivity index (χ1v) is 14.1. The lowest BCUT2D eigenvalue weighted by atomic mass is 10.1. The Morgan fingerprint density at radius 2 is 1.83 bits per heavy atom. The molecule has 0 aliphatic heterocycles. The minimum Gasteiger partial charge on any atom is -0.490 e. The molecule has 0 unspecified atom stereocenters. The van der Waals surface area contributed by atoms with Crippen LogP contribution in [0, 0.1) is 6.92 Å². The summed E-state index contributed by atoms with van der Waals surface area (Å²) < 4.78 is 12.6. The molecule has 0 spiro atoms. The van der Waals surface area contributed by atoms with Gasteiger partial charge in [-0.25, -0.2) is 10.4 Å². The second-order valence-electron chi connectivity index (χ2n) is 8.41. The molecular weight excluding hydrogens is 538 g/mol. The normalized spacial score (nSPS) is 11.1. The second-order valence-corrected chi connectivity index (χ2v) is 10.3. The molecule has 0 saturated heterocycles. The van der Waals surface area contributed by atoms with Crippen LogP contribution >= 0.6 is 27.3 Å². The van der Waals surface area contributed by atoms with E-state index < -0.39 is 0 Å². The molecule has 0 aliphatic rings. The van der Waals surface area contributed by atoms with E-state index in [1.165, 1.54) is 32.1 Å². The molecule has 3 rings (SSSR count). The van der Waals surface area contributed by atoms with E-state index in [-0.39, 0.29) is 5.91 Å². The monoisotopic (exact) mass is 571 g/mol. The number of nitrogens with one attached hydrogen (secondary N) is 1. The van der Waals surface area contributed by atoms with E-state index in [0.717, 1.165) is 32.7 Å². The molecule has 6 nitrogen and oxygen atoms in total. The molecule has 0 atom stereocenters. The van der Waals surface area contributed by atoms with Crippen LogP contribution in [0.5, 0.6) is 11.5 Å². The fourth-order valence-electron chi connectivity index (χ4n) is 3.64. The third kappa shape index (κ3) is 8.45. The van der Waals surface area contributed by atoms with Gasteiger partial charge in [0.1, 0.15) is 0 Å². The molecular formula is C28H34BrN3O3S. The quantitative estimate of drug-likeness (QED) is 0.122.